The van der Waals surface area contributed by atoms with Crippen molar-refractivity contribution < 1.29 is 4.79 Å². The van der Waals surface area contributed by atoms with E-state index in [1.165, 1.54) is 19.3 Å². The van der Waals surface area contributed by atoms with Crippen LogP contribution in [0.4, 0.5) is 0 Å². The fourth-order valence-corrected chi connectivity index (χ4v) is 1.65. The summed E-state index contributed by atoms with van der Waals surface area (Å²) in [5.41, 5.74) is 0. The van der Waals surface area contributed by atoms with Gasteiger partial charge in [-0.05, 0) is 24.7 Å². The van der Waals surface area contributed by atoms with E-state index in [-0.39, 0.29) is 0 Å². The first kappa shape index (κ1) is 11.7. The Morgan fingerprint density at radius 3 is 2.42 bits per heavy atom. The van der Waals surface area contributed by atoms with Gasteiger partial charge in [-0.1, -0.05) is 33.6 Å². The van der Waals surface area contributed by atoms with Crippen molar-refractivity contribution in [3.8, 4) is 0 Å². The molecule has 0 spiro atoms. The van der Waals surface area contributed by atoms with Crippen LogP contribution in [0.1, 0.15) is 52.9 Å². The third-order valence-corrected chi connectivity index (χ3v) is 2.32. The van der Waals surface area contributed by atoms with Crippen LogP contribution in [0.5, 0.6) is 0 Å². The van der Waals surface area contributed by atoms with Crippen LogP contribution >= 0.6 is 0 Å². The second-order valence-corrected chi connectivity index (χ2v) is 4.00. The standard InChI is InChI=1S/C11H22O/c1-4-11(9-10(2)3)7-5-6-8-12/h8,10-11H,4-7,9H2,1-3H3. The van der Waals surface area contributed by atoms with E-state index >= 15 is 0 Å². The molecule has 1 heteroatoms. The number of carbonyl (C=O) groups excluding carboxylic acids is 1. The Morgan fingerprint density at radius 1 is 1.33 bits per heavy atom. The highest BCUT2D eigenvalue weighted by atomic mass is 16.1. The molecule has 12 heavy (non-hydrogen) atoms. The van der Waals surface area contributed by atoms with Crippen molar-refractivity contribution in [2.75, 3.05) is 0 Å². The number of unbranched alkanes of at least 4 members (excludes halogenated alkanes) is 1. The van der Waals surface area contributed by atoms with Crippen LogP contribution in [0.2, 0.25) is 0 Å². The summed E-state index contributed by atoms with van der Waals surface area (Å²) in [6, 6.07) is 0. The van der Waals surface area contributed by atoms with E-state index in [4.69, 9.17) is 0 Å². The lowest BCUT2D eigenvalue weighted by Crippen LogP contribution is -2.03. The zero-order valence-electron chi connectivity index (χ0n) is 8.68. The van der Waals surface area contributed by atoms with E-state index in [0.717, 1.165) is 31.0 Å². The molecule has 1 atom stereocenters. The van der Waals surface area contributed by atoms with Crippen LogP contribution in [0, 0.1) is 11.8 Å². The average molecular weight is 170 g/mol. The highest BCUT2D eigenvalue weighted by molar-refractivity contribution is 5.48. The van der Waals surface area contributed by atoms with Crippen LogP contribution in [0.3, 0.4) is 0 Å². The minimum atomic E-state index is 0.745. The van der Waals surface area contributed by atoms with E-state index < -0.39 is 0 Å². The Bertz CT molecular complexity index is 108. The summed E-state index contributed by atoms with van der Waals surface area (Å²) in [4.78, 5) is 10.1. The third kappa shape index (κ3) is 6.38. The monoisotopic (exact) mass is 170 g/mol. The first-order valence-corrected chi connectivity index (χ1v) is 5.14. The third-order valence-electron chi connectivity index (χ3n) is 2.32. The van der Waals surface area contributed by atoms with Gasteiger partial charge in [-0.15, -0.1) is 0 Å². The molecule has 0 saturated heterocycles. The second kappa shape index (κ2) is 7.33. The van der Waals surface area contributed by atoms with E-state index in [0.29, 0.717) is 0 Å². The minimum Gasteiger partial charge on any atom is -0.303 e. The molecule has 0 aromatic rings. The lowest BCUT2D eigenvalue weighted by molar-refractivity contribution is -0.108. The van der Waals surface area contributed by atoms with Crippen LogP contribution in [-0.2, 0) is 4.79 Å². The molecular formula is C11H22O. The molecule has 0 aliphatic heterocycles. The Morgan fingerprint density at radius 2 is 2.00 bits per heavy atom. The SMILES string of the molecule is CCC(CCCC=O)CC(C)C. The van der Waals surface area contributed by atoms with Crippen LogP contribution < -0.4 is 0 Å². The average Bonchev–Trinajstić information content (AvgIpc) is 2.02. The molecule has 0 rings (SSSR count). The van der Waals surface area contributed by atoms with Crippen LogP contribution in [0.25, 0.3) is 0 Å². The smallest absolute Gasteiger partial charge is 0.119 e. The number of carbonyl (C=O) groups is 1. The van der Waals surface area contributed by atoms with Gasteiger partial charge in [-0.3, -0.25) is 0 Å². The van der Waals surface area contributed by atoms with Crippen molar-refractivity contribution in [2.24, 2.45) is 11.8 Å². The van der Waals surface area contributed by atoms with Gasteiger partial charge in [0.25, 0.3) is 0 Å². The summed E-state index contributed by atoms with van der Waals surface area (Å²) in [6.45, 7) is 6.78. The van der Waals surface area contributed by atoms with Crippen molar-refractivity contribution in [3.05, 3.63) is 0 Å². The molecule has 0 aromatic carbocycles. The largest absolute Gasteiger partial charge is 0.303 e. The summed E-state index contributed by atoms with van der Waals surface area (Å²) in [6.07, 6.45) is 6.66. The van der Waals surface area contributed by atoms with Gasteiger partial charge < -0.3 is 4.79 Å². The molecule has 72 valence electrons. The maximum atomic E-state index is 10.1. The second-order valence-electron chi connectivity index (χ2n) is 4.00. The Hall–Kier alpha value is -0.330. The molecule has 0 aliphatic carbocycles. The molecule has 0 fully saturated rings. The Labute approximate surface area is 76.6 Å². The van der Waals surface area contributed by atoms with E-state index in [9.17, 15) is 4.79 Å². The summed E-state index contributed by atoms with van der Waals surface area (Å²) < 4.78 is 0. The molecule has 0 radical (unpaired) electrons. The first-order chi connectivity index (χ1) is 5.70. The molecule has 0 bridgehead atoms. The molecule has 0 heterocycles. The number of rotatable bonds is 7. The molecule has 0 aromatic heterocycles. The fourth-order valence-electron chi connectivity index (χ4n) is 1.65. The molecule has 0 amide bonds. The molecule has 1 unspecified atom stereocenters. The van der Waals surface area contributed by atoms with Gasteiger partial charge in [-0.25, -0.2) is 0 Å². The zero-order chi connectivity index (χ0) is 9.40. The Balaban J connectivity index is 3.45. The van der Waals surface area contributed by atoms with Gasteiger partial charge in [-0.2, -0.15) is 0 Å². The van der Waals surface area contributed by atoms with Gasteiger partial charge in [0.2, 0.25) is 0 Å². The maximum absolute atomic E-state index is 10.1. The zero-order valence-corrected chi connectivity index (χ0v) is 8.68. The predicted octanol–water partition coefficient (Wildman–Crippen LogP) is 3.43. The van der Waals surface area contributed by atoms with Crippen molar-refractivity contribution in [2.45, 2.75) is 52.9 Å². The van der Waals surface area contributed by atoms with Crippen molar-refractivity contribution >= 4 is 6.29 Å². The highest BCUT2D eigenvalue weighted by Gasteiger charge is 2.07. The van der Waals surface area contributed by atoms with Crippen LogP contribution in [0.15, 0.2) is 0 Å². The Kier molecular flexibility index (Phi) is 7.12. The topological polar surface area (TPSA) is 17.1 Å². The molecule has 1 nitrogen and oxygen atoms in total. The first-order valence-electron chi connectivity index (χ1n) is 5.14. The normalized spacial score (nSPS) is 13.3. The highest BCUT2D eigenvalue weighted by Crippen LogP contribution is 2.20. The molecule has 0 aliphatic rings. The van der Waals surface area contributed by atoms with Crippen molar-refractivity contribution in [3.63, 3.8) is 0 Å². The molecule has 0 N–H and O–H groups in total. The van der Waals surface area contributed by atoms with Crippen molar-refractivity contribution in [1.29, 1.82) is 0 Å². The summed E-state index contributed by atoms with van der Waals surface area (Å²) in [5.74, 6) is 1.64. The number of hydrogen-bond donors (Lipinski definition) is 0. The van der Waals surface area contributed by atoms with Crippen LogP contribution in [-0.4, -0.2) is 6.29 Å². The van der Waals surface area contributed by atoms with E-state index in [1.54, 1.807) is 0 Å². The quantitative estimate of drug-likeness (QED) is 0.422. The van der Waals surface area contributed by atoms with Gasteiger partial charge in [0.15, 0.2) is 0 Å². The lowest BCUT2D eigenvalue weighted by atomic mass is 9.90. The summed E-state index contributed by atoms with van der Waals surface area (Å²) >= 11 is 0. The van der Waals surface area contributed by atoms with Gasteiger partial charge in [0, 0.05) is 6.42 Å². The molecular weight excluding hydrogens is 148 g/mol. The van der Waals surface area contributed by atoms with Gasteiger partial charge >= 0.3 is 0 Å². The van der Waals surface area contributed by atoms with Gasteiger partial charge in [0.1, 0.15) is 6.29 Å². The van der Waals surface area contributed by atoms with E-state index in [1.807, 2.05) is 0 Å². The predicted molar refractivity (Wildman–Crippen MR) is 53.2 cm³/mol. The van der Waals surface area contributed by atoms with E-state index in [2.05, 4.69) is 20.8 Å². The number of aldehydes is 1. The maximum Gasteiger partial charge on any atom is 0.119 e. The summed E-state index contributed by atoms with van der Waals surface area (Å²) in [5, 5.41) is 0. The van der Waals surface area contributed by atoms with Crippen molar-refractivity contribution in [1.82, 2.24) is 0 Å². The molecule has 0 saturated carbocycles. The van der Waals surface area contributed by atoms with Gasteiger partial charge in [0.05, 0.1) is 0 Å². The number of hydrogen-bond acceptors (Lipinski definition) is 1. The lowest BCUT2D eigenvalue weighted by Gasteiger charge is -2.15. The summed E-state index contributed by atoms with van der Waals surface area (Å²) in [7, 11) is 0. The minimum absolute atomic E-state index is 0.745. The fraction of sp³-hybridized carbons (Fsp3) is 0.909.